The van der Waals surface area contributed by atoms with Gasteiger partial charge in [-0.15, -0.1) is 0 Å². The lowest BCUT2D eigenvalue weighted by molar-refractivity contribution is 0.331. The number of benzene rings is 3. The highest BCUT2D eigenvalue weighted by atomic mass is 16.3. The van der Waals surface area contributed by atoms with E-state index >= 15 is 0 Å². The van der Waals surface area contributed by atoms with Crippen molar-refractivity contribution in [2.75, 3.05) is 0 Å². The summed E-state index contributed by atoms with van der Waals surface area (Å²) in [5.41, 5.74) is 9.80. The van der Waals surface area contributed by atoms with E-state index in [2.05, 4.69) is 90.1 Å². The van der Waals surface area contributed by atoms with Crippen LogP contribution in [0.3, 0.4) is 0 Å². The van der Waals surface area contributed by atoms with Crippen molar-refractivity contribution in [3.8, 4) is 11.3 Å². The van der Waals surface area contributed by atoms with E-state index in [1.807, 2.05) is 6.20 Å². The summed E-state index contributed by atoms with van der Waals surface area (Å²) in [6.07, 6.45) is 4.34. The molecular weight excluding hydrogens is 402 g/mol. The molecule has 33 heavy (non-hydrogen) atoms. The summed E-state index contributed by atoms with van der Waals surface area (Å²) in [5, 5.41) is 4.93. The number of hydrogen-bond donors (Lipinski definition) is 0. The number of nitrogens with zero attached hydrogens (tertiary/aromatic N) is 1. The largest absolute Gasteiger partial charge is 0.454 e. The van der Waals surface area contributed by atoms with E-state index in [1.54, 1.807) is 0 Å². The van der Waals surface area contributed by atoms with Gasteiger partial charge in [-0.3, -0.25) is 4.98 Å². The molecule has 1 aliphatic carbocycles. The van der Waals surface area contributed by atoms with Gasteiger partial charge in [-0.2, -0.15) is 0 Å². The second kappa shape index (κ2) is 6.70. The molecule has 0 aliphatic heterocycles. The number of aromatic nitrogens is 1. The number of furan rings is 1. The molecule has 0 radical (unpaired) electrons. The number of rotatable bonds is 1. The standard InChI is InChI=1S/C31H31NO/c1-18-15-21(16-20-9-7-8-10-22(18)20)28-29-23(11-14-32-28)26-19(2)27-24(17-25(26)33-29)30(3,4)12-13-31(27,5)6/h7-11,14-17H,12-13H2,1-6H3. The number of aryl methyl sites for hydroxylation is 2. The molecule has 2 aromatic heterocycles. The third kappa shape index (κ3) is 2.89. The Bertz CT molecular complexity index is 1580. The van der Waals surface area contributed by atoms with Crippen LogP contribution in [0.25, 0.3) is 44.0 Å². The van der Waals surface area contributed by atoms with Gasteiger partial charge in [0.15, 0.2) is 5.58 Å². The normalized spacial score (nSPS) is 17.0. The maximum atomic E-state index is 6.64. The number of fused-ring (bicyclic) bond motifs is 5. The molecule has 0 spiro atoms. The third-order valence-electron chi connectivity index (χ3n) is 8.05. The van der Waals surface area contributed by atoms with Crippen LogP contribution in [0.15, 0.2) is 59.1 Å². The highest BCUT2D eigenvalue weighted by Crippen LogP contribution is 2.50. The van der Waals surface area contributed by atoms with Crippen molar-refractivity contribution in [3.05, 3.63) is 77.0 Å². The van der Waals surface area contributed by atoms with Crippen molar-refractivity contribution in [3.63, 3.8) is 0 Å². The summed E-state index contributed by atoms with van der Waals surface area (Å²) in [6, 6.07) is 17.5. The fourth-order valence-corrected chi connectivity index (χ4v) is 6.20. The van der Waals surface area contributed by atoms with Crippen LogP contribution >= 0.6 is 0 Å². The first kappa shape index (κ1) is 20.5. The van der Waals surface area contributed by atoms with Crippen LogP contribution in [0, 0.1) is 13.8 Å². The Morgan fingerprint density at radius 2 is 1.61 bits per heavy atom. The maximum Gasteiger partial charge on any atom is 0.161 e. The lowest BCUT2D eigenvalue weighted by Crippen LogP contribution is -2.34. The molecule has 166 valence electrons. The molecule has 6 rings (SSSR count). The third-order valence-corrected chi connectivity index (χ3v) is 8.05. The van der Waals surface area contributed by atoms with E-state index in [9.17, 15) is 0 Å². The van der Waals surface area contributed by atoms with Gasteiger partial charge in [0.1, 0.15) is 11.3 Å². The predicted molar refractivity (Wildman–Crippen MR) is 139 cm³/mol. The summed E-state index contributed by atoms with van der Waals surface area (Å²) in [5.74, 6) is 0. The van der Waals surface area contributed by atoms with Crippen LogP contribution in [0.1, 0.15) is 62.8 Å². The van der Waals surface area contributed by atoms with E-state index in [4.69, 9.17) is 9.40 Å². The van der Waals surface area contributed by atoms with Crippen molar-refractivity contribution in [2.24, 2.45) is 0 Å². The molecule has 3 aromatic carbocycles. The van der Waals surface area contributed by atoms with Crippen LogP contribution in [0.2, 0.25) is 0 Å². The molecule has 2 nitrogen and oxygen atoms in total. The molecular formula is C31H31NO. The zero-order valence-corrected chi connectivity index (χ0v) is 20.5. The van der Waals surface area contributed by atoms with Crippen LogP contribution in [0.5, 0.6) is 0 Å². The van der Waals surface area contributed by atoms with Crippen LogP contribution in [0.4, 0.5) is 0 Å². The molecule has 0 amide bonds. The zero-order chi connectivity index (χ0) is 23.1. The van der Waals surface area contributed by atoms with E-state index in [1.165, 1.54) is 56.6 Å². The fraction of sp³-hybridized carbons (Fsp3) is 0.323. The molecule has 0 bridgehead atoms. The summed E-state index contributed by atoms with van der Waals surface area (Å²) in [4.78, 5) is 4.81. The van der Waals surface area contributed by atoms with Crippen molar-refractivity contribution >= 4 is 32.7 Å². The summed E-state index contributed by atoms with van der Waals surface area (Å²) >= 11 is 0. The lowest BCUT2D eigenvalue weighted by atomic mass is 9.62. The highest BCUT2D eigenvalue weighted by Gasteiger charge is 2.39. The molecule has 0 saturated carbocycles. The van der Waals surface area contributed by atoms with Crippen molar-refractivity contribution < 1.29 is 4.42 Å². The summed E-state index contributed by atoms with van der Waals surface area (Å²) in [7, 11) is 0. The first-order chi connectivity index (χ1) is 15.7. The quantitative estimate of drug-likeness (QED) is 0.264. The van der Waals surface area contributed by atoms with Crippen LogP contribution in [-0.4, -0.2) is 4.98 Å². The second-order valence-electron chi connectivity index (χ2n) is 11.2. The fourth-order valence-electron chi connectivity index (χ4n) is 6.20. The van der Waals surface area contributed by atoms with Crippen molar-refractivity contribution in [2.45, 2.75) is 65.2 Å². The van der Waals surface area contributed by atoms with Gasteiger partial charge in [-0.05, 0) is 94.8 Å². The zero-order valence-electron chi connectivity index (χ0n) is 20.5. The average molecular weight is 434 g/mol. The van der Waals surface area contributed by atoms with Gasteiger partial charge in [0.2, 0.25) is 0 Å². The Hall–Kier alpha value is -3.13. The molecule has 2 heterocycles. The molecule has 0 fully saturated rings. The molecule has 0 atom stereocenters. The molecule has 0 saturated heterocycles. The first-order valence-corrected chi connectivity index (χ1v) is 12.0. The molecule has 5 aromatic rings. The topological polar surface area (TPSA) is 26.0 Å². The van der Waals surface area contributed by atoms with Gasteiger partial charge in [-0.1, -0.05) is 52.0 Å². The number of hydrogen-bond acceptors (Lipinski definition) is 2. The van der Waals surface area contributed by atoms with Gasteiger partial charge in [0, 0.05) is 22.5 Å². The Kier molecular flexibility index (Phi) is 4.15. The summed E-state index contributed by atoms with van der Waals surface area (Å²) < 4.78 is 6.64. The van der Waals surface area contributed by atoms with Gasteiger partial charge >= 0.3 is 0 Å². The van der Waals surface area contributed by atoms with Gasteiger partial charge in [0.05, 0.1) is 0 Å². The minimum Gasteiger partial charge on any atom is -0.454 e. The van der Waals surface area contributed by atoms with Crippen LogP contribution < -0.4 is 0 Å². The Morgan fingerprint density at radius 1 is 0.848 bits per heavy atom. The molecule has 2 heteroatoms. The molecule has 1 aliphatic rings. The Balaban J connectivity index is 1.68. The van der Waals surface area contributed by atoms with Gasteiger partial charge in [-0.25, -0.2) is 0 Å². The highest BCUT2D eigenvalue weighted by molar-refractivity contribution is 6.11. The van der Waals surface area contributed by atoms with Gasteiger partial charge < -0.3 is 4.42 Å². The van der Waals surface area contributed by atoms with E-state index in [-0.39, 0.29) is 10.8 Å². The van der Waals surface area contributed by atoms with E-state index in [0.29, 0.717) is 0 Å². The van der Waals surface area contributed by atoms with Crippen molar-refractivity contribution in [1.82, 2.24) is 4.98 Å². The van der Waals surface area contributed by atoms with E-state index in [0.717, 1.165) is 22.4 Å². The minimum absolute atomic E-state index is 0.152. The Morgan fingerprint density at radius 3 is 2.42 bits per heavy atom. The van der Waals surface area contributed by atoms with E-state index < -0.39 is 0 Å². The average Bonchev–Trinajstić information content (AvgIpc) is 3.16. The molecule has 0 unspecified atom stereocenters. The Labute approximate surface area is 195 Å². The smallest absolute Gasteiger partial charge is 0.161 e. The molecule has 0 N–H and O–H groups in total. The monoisotopic (exact) mass is 433 g/mol. The second-order valence-corrected chi connectivity index (χ2v) is 11.2. The SMILES string of the molecule is Cc1cc(-c2nccc3c2oc2cc4c(c(C)c23)C(C)(C)CCC4(C)C)cc2ccccc12. The minimum atomic E-state index is 0.152. The maximum absolute atomic E-state index is 6.64. The van der Waals surface area contributed by atoms with Crippen LogP contribution in [-0.2, 0) is 10.8 Å². The number of pyridine rings is 1. The van der Waals surface area contributed by atoms with Gasteiger partial charge in [0.25, 0.3) is 0 Å². The summed E-state index contributed by atoms with van der Waals surface area (Å²) in [6.45, 7) is 14.0. The first-order valence-electron chi connectivity index (χ1n) is 12.0. The predicted octanol–water partition coefficient (Wildman–Crippen LogP) is 8.77. The van der Waals surface area contributed by atoms with Crippen molar-refractivity contribution in [1.29, 1.82) is 0 Å². The lowest BCUT2D eigenvalue weighted by Gasteiger charge is -2.42.